The van der Waals surface area contributed by atoms with E-state index in [0.29, 0.717) is 19.3 Å². The van der Waals surface area contributed by atoms with E-state index in [0.717, 1.165) is 64.2 Å². The molecule has 1 atom stereocenters. The second-order valence-corrected chi connectivity index (χ2v) is 18.9. The predicted octanol–water partition coefficient (Wildman–Crippen LogP) is 18.3. The van der Waals surface area contributed by atoms with Gasteiger partial charge < -0.3 is 14.2 Å². The van der Waals surface area contributed by atoms with E-state index in [-0.39, 0.29) is 31.1 Å². The van der Waals surface area contributed by atoms with Crippen molar-refractivity contribution in [2.45, 2.75) is 309 Å². The summed E-state index contributed by atoms with van der Waals surface area (Å²) in [6.45, 7) is 6.64. The van der Waals surface area contributed by atoms with Crippen molar-refractivity contribution in [3.8, 4) is 0 Å². The fourth-order valence-corrected chi connectivity index (χ4v) is 8.24. The number of unbranched alkanes of at least 4 members (excludes halogenated alkanes) is 36. The Morgan fingerprint density at radius 2 is 0.571 bits per heavy atom. The Balaban J connectivity index is 4.29. The summed E-state index contributed by atoms with van der Waals surface area (Å²) in [6.07, 6.45) is 60.2. The maximum atomic E-state index is 12.8. The van der Waals surface area contributed by atoms with Crippen LogP contribution in [0.15, 0.2) is 24.3 Å². The van der Waals surface area contributed by atoms with E-state index >= 15 is 0 Å². The van der Waals surface area contributed by atoms with Gasteiger partial charge in [-0.05, 0) is 51.4 Å². The van der Waals surface area contributed by atoms with E-state index in [1.165, 1.54) is 199 Å². The number of hydrogen-bond donors (Lipinski definition) is 0. The van der Waals surface area contributed by atoms with Gasteiger partial charge in [0.1, 0.15) is 13.2 Å². The second-order valence-electron chi connectivity index (χ2n) is 18.9. The molecule has 0 aliphatic heterocycles. The summed E-state index contributed by atoms with van der Waals surface area (Å²) in [6, 6.07) is 0. The van der Waals surface area contributed by atoms with E-state index in [1.807, 2.05) is 0 Å². The quantitative estimate of drug-likeness (QED) is 0.0262. The molecule has 0 bridgehead atoms. The highest BCUT2D eigenvalue weighted by molar-refractivity contribution is 5.71. The largest absolute Gasteiger partial charge is 0.462 e. The van der Waals surface area contributed by atoms with Crippen LogP contribution in [0.5, 0.6) is 0 Å². The molecular formula is C57H106O6. The van der Waals surface area contributed by atoms with E-state index in [2.05, 4.69) is 45.1 Å². The van der Waals surface area contributed by atoms with Crippen LogP contribution >= 0.6 is 0 Å². The lowest BCUT2D eigenvalue weighted by molar-refractivity contribution is -0.167. The number of esters is 3. The zero-order valence-corrected chi connectivity index (χ0v) is 42.4. The van der Waals surface area contributed by atoms with Crippen molar-refractivity contribution >= 4 is 17.9 Å². The first-order valence-corrected chi connectivity index (χ1v) is 27.8. The van der Waals surface area contributed by atoms with Crippen LogP contribution in [-0.2, 0) is 28.6 Å². The summed E-state index contributed by atoms with van der Waals surface area (Å²) in [5.41, 5.74) is 0. The molecule has 0 aliphatic carbocycles. The summed E-state index contributed by atoms with van der Waals surface area (Å²) in [5, 5.41) is 0. The highest BCUT2D eigenvalue weighted by Gasteiger charge is 2.19. The molecule has 0 heterocycles. The van der Waals surface area contributed by atoms with Crippen LogP contribution in [0.25, 0.3) is 0 Å². The van der Waals surface area contributed by atoms with Gasteiger partial charge in [-0.25, -0.2) is 0 Å². The maximum absolute atomic E-state index is 12.8. The molecule has 0 unspecified atom stereocenters. The fraction of sp³-hybridized carbons (Fsp3) is 0.877. The molecular weight excluding hydrogens is 781 g/mol. The SMILES string of the molecule is CCCCC/C=C\C/C=C\CCCCCCCCCCCC(=O)OC[C@H](COC(=O)CCCCCCCCCCCCC)OC(=O)CCCCCCCCCCCCCCCCC. The van der Waals surface area contributed by atoms with Crippen molar-refractivity contribution in [2.24, 2.45) is 0 Å². The molecule has 0 saturated carbocycles. The predicted molar refractivity (Wildman–Crippen MR) is 270 cm³/mol. The van der Waals surface area contributed by atoms with Gasteiger partial charge in [-0.2, -0.15) is 0 Å². The highest BCUT2D eigenvalue weighted by atomic mass is 16.6. The van der Waals surface area contributed by atoms with Gasteiger partial charge >= 0.3 is 17.9 Å². The first-order valence-electron chi connectivity index (χ1n) is 27.8. The summed E-state index contributed by atoms with van der Waals surface area (Å²) in [4.78, 5) is 38.0. The average Bonchev–Trinajstić information content (AvgIpc) is 3.28. The van der Waals surface area contributed by atoms with Crippen molar-refractivity contribution in [3.63, 3.8) is 0 Å². The molecule has 6 nitrogen and oxygen atoms in total. The van der Waals surface area contributed by atoms with Gasteiger partial charge in [0.05, 0.1) is 0 Å². The molecule has 0 radical (unpaired) electrons. The van der Waals surface area contributed by atoms with Crippen molar-refractivity contribution < 1.29 is 28.6 Å². The Bertz CT molecular complexity index is 1020. The molecule has 0 aromatic rings. The van der Waals surface area contributed by atoms with Crippen LogP contribution < -0.4 is 0 Å². The van der Waals surface area contributed by atoms with E-state index in [4.69, 9.17) is 14.2 Å². The van der Waals surface area contributed by atoms with Crippen LogP contribution in [0.3, 0.4) is 0 Å². The highest BCUT2D eigenvalue weighted by Crippen LogP contribution is 2.16. The van der Waals surface area contributed by atoms with Gasteiger partial charge in [0.15, 0.2) is 6.10 Å². The Morgan fingerprint density at radius 3 is 0.905 bits per heavy atom. The topological polar surface area (TPSA) is 78.9 Å². The van der Waals surface area contributed by atoms with Gasteiger partial charge in [-0.15, -0.1) is 0 Å². The number of hydrogen-bond acceptors (Lipinski definition) is 6. The van der Waals surface area contributed by atoms with Crippen LogP contribution in [0, 0.1) is 0 Å². The molecule has 370 valence electrons. The van der Waals surface area contributed by atoms with Gasteiger partial charge in [0.2, 0.25) is 0 Å². The molecule has 0 rings (SSSR count). The van der Waals surface area contributed by atoms with Crippen LogP contribution in [0.2, 0.25) is 0 Å². The standard InChI is InChI=1S/C57H106O6/c1-4-7-10-13-16-19-22-24-26-27-28-29-31-32-35-38-41-44-47-50-56(59)62-53-54(52-61-55(58)49-46-43-40-37-34-21-18-15-12-9-6-3)63-57(60)51-48-45-42-39-36-33-30-25-23-20-17-14-11-8-5-2/h16,19,24,26,54H,4-15,17-18,20-23,25,27-53H2,1-3H3/b19-16-,26-24-/t54-/m0/s1. The summed E-state index contributed by atoms with van der Waals surface area (Å²) in [5.74, 6) is -0.854. The van der Waals surface area contributed by atoms with Gasteiger partial charge in [-0.1, -0.05) is 257 Å². The van der Waals surface area contributed by atoms with Crippen molar-refractivity contribution in [1.82, 2.24) is 0 Å². The first-order chi connectivity index (χ1) is 31.0. The molecule has 0 saturated heterocycles. The molecule has 63 heavy (non-hydrogen) atoms. The van der Waals surface area contributed by atoms with E-state index < -0.39 is 6.10 Å². The monoisotopic (exact) mass is 887 g/mol. The number of allylic oxidation sites excluding steroid dienone is 4. The third kappa shape index (κ3) is 50.7. The van der Waals surface area contributed by atoms with Crippen molar-refractivity contribution in [1.29, 1.82) is 0 Å². The smallest absolute Gasteiger partial charge is 0.306 e. The second kappa shape index (κ2) is 52.5. The Kier molecular flexibility index (Phi) is 50.8. The van der Waals surface area contributed by atoms with Gasteiger partial charge in [0.25, 0.3) is 0 Å². The number of rotatable bonds is 51. The average molecular weight is 887 g/mol. The third-order valence-corrected chi connectivity index (χ3v) is 12.5. The molecule has 0 aliphatic rings. The lowest BCUT2D eigenvalue weighted by Crippen LogP contribution is -2.30. The first kappa shape index (κ1) is 60.9. The summed E-state index contributed by atoms with van der Waals surface area (Å²) < 4.78 is 16.8. The number of carbonyl (C=O) groups is 3. The zero-order chi connectivity index (χ0) is 45.8. The molecule has 0 aromatic heterocycles. The van der Waals surface area contributed by atoms with Crippen LogP contribution in [-0.4, -0.2) is 37.2 Å². The molecule has 0 spiro atoms. The van der Waals surface area contributed by atoms with E-state index in [1.54, 1.807) is 0 Å². The lowest BCUT2D eigenvalue weighted by Gasteiger charge is -2.18. The van der Waals surface area contributed by atoms with Crippen LogP contribution in [0.1, 0.15) is 303 Å². The zero-order valence-electron chi connectivity index (χ0n) is 42.4. The van der Waals surface area contributed by atoms with Crippen molar-refractivity contribution in [2.75, 3.05) is 13.2 Å². The van der Waals surface area contributed by atoms with E-state index in [9.17, 15) is 14.4 Å². The summed E-state index contributed by atoms with van der Waals surface area (Å²) >= 11 is 0. The fourth-order valence-electron chi connectivity index (χ4n) is 8.24. The molecule has 0 amide bonds. The summed E-state index contributed by atoms with van der Waals surface area (Å²) in [7, 11) is 0. The molecule has 0 fully saturated rings. The Morgan fingerprint density at radius 1 is 0.317 bits per heavy atom. The Hall–Kier alpha value is -2.11. The molecule has 0 N–H and O–H groups in total. The van der Waals surface area contributed by atoms with Gasteiger partial charge in [0, 0.05) is 19.3 Å². The minimum absolute atomic E-state index is 0.0672. The normalized spacial score (nSPS) is 12.1. The third-order valence-electron chi connectivity index (χ3n) is 12.5. The minimum Gasteiger partial charge on any atom is -0.462 e. The molecule has 0 aromatic carbocycles. The molecule has 6 heteroatoms. The lowest BCUT2D eigenvalue weighted by atomic mass is 10.0. The van der Waals surface area contributed by atoms with Crippen molar-refractivity contribution in [3.05, 3.63) is 24.3 Å². The maximum Gasteiger partial charge on any atom is 0.306 e. The Labute approximate surface area is 392 Å². The minimum atomic E-state index is -0.766. The number of carbonyl (C=O) groups excluding carboxylic acids is 3. The number of ether oxygens (including phenoxy) is 3. The van der Waals surface area contributed by atoms with Gasteiger partial charge in [-0.3, -0.25) is 14.4 Å². The van der Waals surface area contributed by atoms with Crippen LogP contribution in [0.4, 0.5) is 0 Å².